The minimum absolute atomic E-state index is 0.0662. The third-order valence-corrected chi connectivity index (χ3v) is 7.61. The molecule has 4 heteroatoms. The Kier molecular flexibility index (Phi) is 7.34. The summed E-state index contributed by atoms with van der Waals surface area (Å²) in [6, 6.07) is 14.3. The molecule has 0 aromatic heterocycles. The van der Waals surface area contributed by atoms with Gasteiger partial charge in [-0.2, -0.15) is 0 Å². The molecular formula is C30H36O4. The van der Waals surface area contributed by atoms with Crippen LogP contribution >= 0.6 is 0 Å². The van der Waals surface area contributed by atoms with Crippen molar-refractivity contribution in [2.75, 3.05) is 0 Å². The van der Waals surface area contributed by atoms with Gasteiger partial charge >= 0.3 is 5.97 Å². The highest BCUT2D eigenvalue weighted by Crippen LogP contribution is 2.40. The SMILES string of the molecule is C=Cc1cc(CCc2ccc(OC(=O)C3CCCCC3)cc2)cc(OC2OC2C2CCCC2)c1. The molecular weight excluding hydrogens is 424 g/mol. The molecule has 1 saturated heterocycles. The van der Waals surface area contributed by atoms with Crippen molar-refractivity contribution >= 4 is 12.0 Å². The van der Waals surface area contributed by atoms with Gasteiger partial charge < -0.3 is 14.2 Å². The fourth-order valence-corrected chi connectivity index (χ4v) is 5.52. The normalized spacial score (nSPS) is 22.9. The van der Waals surface area contributed by atoms with E-state index in [1.807, 2.05) is 24.3 Å². The predicted octanol–water partition coefficient (Wildman–Crippen LogP) is 6.89. The fourth-order valence-electron chi connectivity index (χ4n) is 5.52. The van der Waals surface area contributed by atoms with E-state index in [4.69, 9.17) is 14.2 Å². The van der Waals surface area contributed by atoms with Crippen molar-refractivity contribution in [3.63, 3.8) is 0 Å². The first-order valence-corrected chi connectivity index (χ1v) is 13.1. The fraction of sp³-hybridized carbons (Fsp3) is 0.500. The lowest BCUT2D eigenvalue weighted by molar-refractivity contribution is -0.139. The number of aryl methyl sites for hydroxylation is 2. The summed E-state index contributed by atoms with van der Waals surface area (Å²) < 4.78 is 17.6. The van der Waals surface area contributed by atoms with Gasteiger partial charge in [-0.15, -0.1) is 0 Å². The van der Waals surface area contributed by atoms with Crippen LogP contribution in [0.1, 0.15) is 74.5 Å². The largest absolute Gasteiger partial charge is 0.462 e. The van der Waals surface area contributed by atoms with E-state index in [1.165, 1.54) is 43.2 Å². The summed E-state index contributed by atoms with van der Waals surface area (Å²) in [7, 11) is 0. The number of carbonyl (C=O) groups excluding carboxylic acids is 1. The van der Waals surface area contributed by atoms with Crippen LogP contribution in [0, 0.1) is 11.8 Å². The van der Waals surface area contributed by atoms with Crippen LogP contribution in [0.2, 0.25) is 0 Å². The number of ether oxygens (including phenoxy) is 3. The van der Waals surface area contributed by atoms with Gasteiger partial charge in [0.15, 0.2) is 0 Å². The van der Waals surface area contributed by atoms with Crippen LogP contribution in [-0.2, 0) is 22.4 Å². The molecule has 1 aliphatic heterocycles. The molecule has 0 N–H and O–H groups in total. The molecule has 3 aliphatic rings. The van der Waals surface area contributed by atoms with Gasteiger partial charge in [-0.05, 0) is 85.4 Å². The van der Waals surface area contributed by atoms with Gasteiger partial charge in [-0.1, -0.05) is 63.0 Å². The first-order chi connectivity index (χ1) is 16.7. The zero-order valence-corrected chi connectivity index (χ0v) is 20.0. The van der Waals surface area contributed by atoms with Crippen molar-refractivity contribution in [2.45, 2.75) is 83.0 Å². The summed E-state index contributed by atoms with van der Waals surface area (Å²) in [5.41, 5.74) is 3.50. The smallest absolute Gasteiger partial charge is 0.314 e. The van der Waals surface area contributed by atoms with Gasteiger partial charge in [0, 0.05) is 0 Å². The summed E-state index contributed by atoms with van der Waals surface area (Å²) in [5, 5.41) is 0. The minimum Gasteiger partial charge on any atom is -0.462 e. The van der Waals surface area contributed by atoms with Crippen molar-refractivity contribution < 1.29 is 19.0 Å². The molecule has 2 aromatic carbocycles. The molecule has 5 rings (SSSR count). The molecule has 2 aliphatic carbocycles. The standard InChI is InChI=1S/C30H36O4/c1-2-21-18-23(20-27(19-21)33-30-28(34-30)24-8-6-7-9-24)13-12-22-14-16-26(17-15-22)32-29(31)25-10-4-3-5-11-25/h2,14-20,24-25,28,30H,1,3-13H2. The van der Waals surface area contributed by atoms with Crippen LogP contribution in [0.3, 0.4) is 0 Å². The number of carbonyl (C=O) groups is 1. The zero-order chi connectivity index (χ0) is 23.3. The second-order valence-corrected chi connectivity index (χ2v) is 10.1. The van der Waals surface area contributed by atoms with Crippen molar-refractivity contribution in [3.8, 4) is 11.5 Å². The number of benzene rings is 2. The number of hydrogen-bond donors (Lipinski definition) is 0. The Morgan fingerprint density at radius 1 is 0.882 bits per heavy atom. The Morgan fingerprint density at radius 2 is 1.59 bits per heavy atom. The van der Waals surface area contributed by atoms with Gasteiger partial charge in [-0.25, -0.2) is 0 Å². The summed E-state index contributed by atoms with van der Waals surface area (Å²) in [5.74, 6) is 2.16. The topological polar surface area (TPSA) is 48.1 Å². The van der Waals surface area contributed by atoms with Crippen LogP contribution in [0.25, 0.3) is 6.08 Å². The molecule has 0 radical (unpaired) electrons. The second-order valence-electron chi connectivity index (χ2n) is 10.1. The maximum Gasteiger partial charge on any atom is 0.314 e. The van der Waals surface area contributed by atoms with E-state index in [2.05, 4.69) is 30.8 Å². The predicted molar refractivity (Wildman–Crippen MR) is 134 cm³/mol. The van der Waals surface area contributed by atoms with E-state index >= 15 is 0 Å². The number of epoxide rings is 1. The Morgan fingerprint density at radius 3 is 2.32 bits per heavy atom. The Labute approximate surface area is 203 Å². The Hall–Kier alpha value is -2.59. The van der Waals surface area contributed by atoms with Crippen LogP contribution < -0.4 is 9.47 Å². The van der Waals surface area contributed by atoms with Gasteiger partial charge in [0.1, 0.15) is 17.6 Å². The monoisotopic (exact) mass is 460 g/mol. The summed E-state index contributed by atoms with van der Waals surface area (Å²) >= 11 is 0. The maximum atomic E-state index is 12.4. The molecule has 2 aromatic rings. The van der Waals surface area contributed by atoms with Gasteiger partial charge in [0.05, 0.1) is 5.92 Å². The van der Waals surface area contributed by atoms with Crippen molar-refractivity contribution in [2.24, 2.45) is 11.8 Å². The number of hydrogen-bond acceptors (Lipinski definition) is 4. The summed E-state index contributed by atoms with van der Waals surface area (Å²) in [6.07, 6.45) is 14.4. The van der Waals surface area contributed by atoms with Gasteiger partial charge in [-0.3, -0.25) is 4.79 Å². The summed E-state index contributed by atoms with van der Waals surface area (Å²) in [4.78, 5) is 12.4. The summed E-state index contributed by atoms with van der Waals surface area (Å²) in [6.45, 7) is 3.94. The molecule has 2 unspecified atom stereocenters. The second kappa shape index (κ2) is 10.8. The molecule has 0 amide bonds. The Balaban J connectivity index is 1.15. The molecule has 0 spiro atoms. The molecule has 3 fully saturated rings. The highest BCUT2D eigenvalue weighted by molar-refractivity contribution is 5.75. The maximum absolute atomic E-state index is 12.4. The molecule has 0 bridgehead atoms. The highest BCUT2D eigenvalue weighted by Gasteiger charge is 2.47. The zero-order valence-electron chi connectivity index (χ0n) is 20.0. The third kappa shape index (κ3) is 5.90. The van der Waals surface area contributed by atoms with E-state index in [-0.39, 0.29) is 24.3 Å². The quantitative estimate of drug-likeness (QED) is 0.232. The minimum atomic E-state index is -0.0973. The third-order valence-electron chi connectivity index (χ3n) is 7.61. The molecule has 1 heterocycles. The average molecular weight is 461 g/mol. The van der Waals surface area contributed by atoms with Crippen molar-refractivity contribution in [1.82, 2.24) is 0 Å². The van der Waals surface area contributed by atoms with E-state index in [0.717, 1.165) is 49.8 Å². The van der Waals surface area contributed by atoms with E-state index in [9.17, 15) is 4.79 Å². The Bertz CT molecular complexity index is 983. The molecule has 2 atom stereocenters. The molecule has 34 heavy (non-hydrogen) atoms. The number of rotatable bonds is 9. The van der Waals surface area contributed by atoms with Gasteiger partial charge in [0.2, 0.25) is 6.29 Å². The number of esters is 1. The lowest BCUT2D eigenvalue weighted by atomic mass is 9.89. The molecule has 4 nitrogen and oxygen atoms in total. The van der Waals surface area contributed by atoms with Crippen molar-refractivity contribution in [3.05, 3.63) is 65.7 Å². The highest BCUT2D eigenvalue weighted by atomic mass is 16.8. The molecule has 180 valence electrons. The van der Waals surface area contributed by atoms with E-state index < -0.39 is 0 Å². The molecule has 2 saturated carbocycles. The van der Waals surface area contributed by atoms with Crippen LogP contribution in [-0.4, -0.2) is 18.4 Å². The van der Waals surface area contributed by atoms with E-state index in [1.54, 1.807) is 0 Å². The lowest BCUT2D eigenvalue weighted by Crippen LogP contribution is -2.22. The van der Waals surface area contributed by atoms with Crippen molar-refractivity contribution in [1.29, 1.82) is 0 Å². The average Bonchev–Trinajstić information content (AvgIpc) is 3.41. The van der Waals surface area contributed by atoms with Crippen LogP contribution in [0.15, 0.2) is 49.0 Å². The first-order valence-electron chi connectivity index (χ1n) is 13.1. The first kappa shape index (κ1) is 23.2. The lowest BCUT2D eigenvalue weighted by Gasteiger charge is -2.19. The van der Waals surface area contributed by atoms with Crippen LogP contribution in [0.4, 0.5) is 0 Å². The van der Waals surface area contributed by atoms with E-state index in [0.29, 0.717) is 11.7 Å². The van der Waals surface area contributed by atoms with Crippen LogP contribution in [0.5, 0.6) is 11.5 Å². The van der Waals surface area contributed by atoms with Gasteiger partial charge in [0.25, 0.3) is 0 Å².